The van der Waals surface area contributed by atoms with Gasteiger partial charge in [0, 0.05) is 52.3 Å². The molecular formula is C48H44N2. The van der Waals surface area contributed by atoms with E-state index in [0.29, 0.717) is 11.8 Å². The zero-order valence-corrected chi connectivity index (χ0v) is 28.7. The van der Waals surface area contributed by atoms with Crippen molar-refractivity contribution in [3.63, 3.8) is 0 Å². The Morgan fingerprint density at radius 3 is 2.34 bits per heavy atom. The van der Waals surface area contributed by atoms with Gasteiger partial charge in [-0.05, 0) is 109 Å². The van der Waals surface area contributed by atoms with Crippen LogP contribution in [0.4, 0.5) is 11.4 Å². The Morgan fingerprint density at radius 2 is 1.58 bits per heavy atom. The van der Waals surface area contributed by atoms with Crippen LogP contribution in [-0.2, 0) is 0 Å². The van der Waals surface area contributed by atoms with Crippen molar-refractivity contribution < 1.29 is 0 Å². The topological polar surface area (TPSA) is 6.48 Å². The molecule has 0 fully saturated rings. The fraction of sp³-hybridized carbons (Fsp3) is 0.208. The molecule has 0 amide bonds. The Kier molecular flexibility index (Phi) is 8.30. The van der Waals surface area contributed by atoms with Gasteiger partial charge in [-0.25, -0.2) is 0 Å². The highest BCUT2D eigenvalue weighted by molar-refractivity contribution is 5.93. The highest BCUT2D eigenvalue weighted by Gasteiger charge is 2.39. The molecule has 2 nitrogen and oxygen atoms in total. The minimum atomic E-state index is 0.244. The number of rotatable bonds is 7. The summed E-state index contributed by atoms with van der Waals surface area (Å²) < 4.78 is 0. The first-order chi connectivity index (χ1) is 24.8. The molecule has 0 bridgehead atoms. The number of hydrogen-bond acceptors (Lipinski definition) is 2. The number of benzene rings is 3. The summed E-state index contributed by atoms with van der Waals surface area (Å²) in [4.78, 5) is 5.19. The van der Waals surface area contributed by atoms with Crippen LogP contribution >= 0.6 is 0 Å². The molecule has 5 aliphatic carbocycles. The molecule has 0 spiro atoms. The van der Waals surface area contributed by atoms with Gasteiger partial charge in [0.15, 0.2) is 0 Å². The molecule has 246 valence electrons. The Morgan fingerprint density at radius 1 is 0.660 bits per heavy atom. The molecule has 3 aromatic carbocycles. The molecule has 3 aromatic rings. The smallest absolute Gasteiger partial charge is 0.0650 e. The molecule has 9 rings (SSSR count). The number of hydrogen-bond donors (Lipinski definition) is 0. The van der Waals surface area contributed by atoms with Crippen LogP contribution in [0.5, 0.6) is 0 Å². The van der Waals surface area contributed by atoms with Crippen molar-refractivity contribution in [2.75, 3.05) is 9.80 Å². The Balaban J connectivity index is 1.10. The molecule has 3 atom stereocenters. The lowest BCUT2D eigenvalue weighted by Gasteiger charge is -2.37. The first-order valence-electron chi connectivity index (χ1n) is 18.5. The fourth-order valence-corrected chi connectivity index (χ4v) is 8.55. The molecule has 1 heterocycles. The van der Waals surface area contributed by atoms with Crippen molar-refractivity contribution in [1.82, 2.24) is 0 Å². The van der Waals surface area contributed by atoms with Crippen molar-refractivity contribution in [2.24, 2.45) is 5.92 Å². The highest BCUT2D eigenvalue weighted by Crippen LogP contribution is 2.50. The summed E-state index contributed by atoms with van der Waals surface area (Å²) in [5, 5.41) is 0. The molecule has 3 unspecified atom stereocenters. The lowest BCUT2D eigenvalue weighted by molar-refractivity contribution is 0.718. The lowest BCUT2D eigenvalue weighted by atomic mass is 9.87. The van der Waals surface area contributed by atoms with Crippen LogP contribution in [-0.4, -0.2) is 6.04 Å². The summed E-state index contributed by atoms with van der Waals surface area (Å²) in [5.41, 5.74) is 14.7. The maximum absolute atomic E-state index is 2.65. The third-order valence-corrected chi connectivity index (χ3v) is 11.1. The third kappa shape index (κ3) is 5.83. The molecule has 0 saturated carbocycles. The van der Waals surface area contributed by atoms with Gasteiger partial charge in [-0.3, -0.25) is 0 Å². The van der Waals surface area contributed by atoms with Crippen LogP contribution in [0, 0.1) is 5.92 Å². The third-order valence-electron chi connectivity index (χ3n) is 11.1. The van der Waals surface area contributed by atoms with Crippen LogP contribution in [0.15, 0.2) is 187 Å². The van der Waals surface area contributed by atoms with E-state index in [1.54, 1.807) is 0 Å². The van der Waals surface area contributed by atoms with E-state index < -0.39 is 0 Å². The molecule has 0 aromatic heterocycles. The Bertz CT molecular complexity index is 2090. The van der Waals surface area contributed by atoms with E-state index in [-0.39, 0.29) is 6.04 Å². The molecule has 6 aliphatic rings. The van der Waals surface area contributed by atoms with Crippen molar-refractivity contribution in [1.29, 1.82) is 0 Å². The van der Waals surface area contributed by atoms with Gasteiger partial charge in [-0.15, -0.1) is 0 Å². The normalized spacial score (nSPS) is 23.4. The largest absolute Gasteiger partial charge is 0.337 e. The summed E-state index contributed by atoms with van der Waals surface area (Å²) in [5.74, 6) is 0.889. The second-order valence-corrected chi connectivity index (χ2v) is 14.2. The van der Waals surface area contributed by atoms with Crippen LogP contribution in [0.2, 0.25) is 0 Å². The summed E-state index contributed by atoms with van der Waals surface area (Å²) >= 11 is 0. The summed E-state index contributed by atoms with van der Waals surface area (Å²) in [7, 11) is 0. The van der Waals surface area contributed by atoms with Gasteiger partial charge in [0.05, 0.1) is 6.04 Å². The Labute approximate surface area is 297 Å². The average molecular weight is 649 g/mol. The van der Waals surface area contributed by atoms with Gasteiger partial charge < -0.3 is 9.80 Å². The van der Waals surface area contributed by atoms with Gasteiger partial charge in [0.2, 0.25) is 0 Å². The first-order valence-corrected chi connectivity index (χ1v) is 18.5. The van der Waals surface area contributed by atoms with Gasteiger partial charge in [-0.2, -0.15) is 0 Å². The van der Waals surface area contributed by atoms with E-state index in [9.17, 15) is 0 Å². The number of nitrogens with zero attached hydrogens (tertiary/aromatic N) is 2. The highest BCUT2D eigenvalue weighted by atomic mass is 15.2. The fourth-order valence-electron chi connectivity index (χ4n) is 8.55. The standard InChI is InChI=1S/C48H44N2/c1-5-13-35(14-6-1)38-21-26-42(27-22-38)49(43-28-23-39(24-29-43)36-15-7-2-8-16-36)44-30-31-45-46-33-40(37-17-9-3-10-18-37)25-32-47(46)50(48(45)34-44)41-19-11-4-12-20-41/h1,3-7,9-11,13,15-19,21-23,25-33,35,39,48H,2,8,12,14,20,24,34H2. The van der Waals surface area contributed by atoms with Crippen molar-refractivity contribution in [3.05, 3.63) is 198 Å². The van der Waals surface area contributed by atoms with E-state index in [2.05, 4.69) is 174 Å². The number of fused-ring (bicyclic) bond motifs is 3. The van der Waals surface area contributed by atoms with E-state index in [1.165, 1.54) is 61.9 Å². The molecule has 0 saturated heterocycles. The van der Waals surface area contributed by atoms with Crippen molar-refractivity contribution in [3.8, 4) is 11.1 Å². The second-order valence-electron chi connectivity index (χ2n) is 14.2. The maximum Gasteiger partial charge on any atom is 0.0650 e. The Hall–Kier alpha value is -5.34. The second kappa shape index (κ2) is 13.5. The van der Waals surface area contributed by atoms with E-state index in [4.69, 9.17) is 0 Å². The minimum absolute atomic E-state index is 0.244. The average Bonchev–Trinajstić information content (AvgIpc) is 3.53. The van der Waals surface area contributed by atoms with Gasteiger partial charge in [0.1, 0.15) is 0 Å². The zero-order valence-electron chi connectivity index (χ0n) is 28.7. The van der Waals surface area contributed by atoms with Crippen LogP contribution in [0.25, 0.3) is 16.7 Å². The lowest BCUT2D eigenvalue weighted by Crippen LogP contribution is -2.35. The summed E-state index contributed by atoms with van der Waals surface area (Å²) in [6, 6.07) is 27.5. The van der Waals surface area contributed by atoms with Gasteiger partial charge >= 0.3 is 0 Å². The van der Waals surface area contributed by atoms with E-state index in [0.717, 1.165) is 44.9 Å². The van der Waals surface area contributed by atoms with Crippen LogP contribution < -0.4 is 9.80 Å². The maximum atomic E-state index is 2.65. The summed E-state index contributed by atoms with van der Waals surface area (Å²) in [6.07, 6.45) is 42.5. The molecular weight excluding hydrogens is 605 g/mol. The van der Waals surface area contributed by atoms with E-state index >= 15 is 0 Å². The van der Waals surface area contributed by atoms with Crippen molar-refractivity contribution >= 4 is 16.9 Å². The zero-order chi connectivity index (χ0) is 33.3. The molecule has 50 heavy (non-hydrogen) atoms. The molecule has 1 aliphatic heterocycles. The van der Waals surface area contributed by atoms with Crippen LogP contribution in [0.3, 0.4) is 0 Å². The van der Waals surface area contributed by atoms with Crippen molar-refractivity contribution in [2.45, 2.75) is 56.9 Å². The first kappa shape index (κ1) is 30.7. The predicted molar refractivity (Wildman–Crippen MR) is 212 cm³/mol. The summed E-state index contributed by atoms with van der Waals surface area (Å²) in [6.45, 7) is 0. The minimum Gasteiger partial charge on any atom is -0.337 e. The number of anilines is 2. The predicted octanol–water partition coefficient (Wildman–Crippen LogP) is 12.3. The van der Waals surface area contributed by atoms with E-state index in [1.807, 2.05) is 0 Å². The number of allylic oxidation sites excluding steroid dienone is 17. The van der Waals surface area contributed by atoms with Gasteiger partial charge in [-0.1, -0.05) is 121 Å². The molecule has 2 heteroatoms. The SMILES string of the molecule is C1=CCCC(N2c3ccc(-c4ccccc4)cc3C3=CC=C(N(C4=CCC(C5=CCCC=C5)C=C4)c4ccc(C5C=CC=CC5)cc4)CC32)=C1. The molecule has 0 N–H and O–H groups in total. The van der Waals surface area contributed by atoms with Gasteiger partial charge in [0.25, 0.3) is 0 Å². The molecule has 0 radical (unpaired) electrons. The monoisotopic (exact) mass is 648 g/mol. The quantitative estimate of drug-likeness (QED) is 0.252. The van der Waals surface area contributed by atoms with Crippen LogP contribution in [0.1, 0.15) is 62.0 Å².